The van der Waals surface area contributed by atoms with Crippen LogP contribution in [0, 0.1) is 0 Å². The van der Waals surface area contributed by atoms with Crippen molar-refractivity contribution in [1.82, 2.24) is 9.21 Å². The predicted octanol–water partition coefficient (Wildman–Crippen LogP) is 1.19. The first-order valence-corrected chi connectivity index (χ1v) is 12.1. The summed E-state index contributed by atoms with van der Waals surface area (Å²) >= 11 is 0. The number of fused-ring (bicyclic) bond motifs is 1. The number of carbonyl (C=O) groups is 1. The highest BCUT2D eigenvalue weighted by Crippen LogP contribution is 2.31. The van der Waals surface area contributed by atoms with Gasteiger partial charge in [0.25, 0.3) is 0 Å². The molecule has 3 heterocycles. The molecule has 0 spiro atoms. The molecule has 1 fully saturated rings. The molecule has 9 nitrogen and oxygen atoms in total. The highest BCUT2D eigenvalue weighted by molar-refractivity contribution is 7.89. The van der Waals surface area contributed by atoms with Crippen LogP contribution in [0.15, 0.2) is 44.6 Å². The van der Waals surface area contributed by atoms with Crippen molar-refractivity contribution in [3.63, 3.8) is 0 Å². The van der Waals surface area contributed by atoms with Crippen LogP contribution in [0.4, 0.5) is 5.69 Å². The van der Waals surface area contributed by atoms with Gasteiger partial charge in [0, 0.05) is 57.8 Å². The Balaban J connectivity index is 1.32. The molecule has 0 radical (unpaired) electrons. The molecule has 0 atom stereocenters. The third-order valence-electron chi connectivity index (χ3n) is 6.06. The predicted molar refractivity (Wildman–Crippen MR) is 118 cm³/mol. The summed E-state index contributed by atoms with van der Waals surface area (Å²) in [4.78, 5) is 27.3. The SMILES string of the molecule is CC(=O)N1CCc2cc(S(=O)(=O)N3CCN(CCCc4cc(=O)c(O)co4)CC3)ccc21. The molecular weight excluding hydrogens is 434 g/mol. The van der Waals surface area contributed by atoms with E-state index in [1.807, 2.05) is 0 Å². The fourth-order valence-corrected chi connectivity index (χ4v) is 5.73. The van der Waals surface area contributed by atoms with Gasteiger partial charge in [0.1, 0.15) is 12.0 Å². The first-order chi connectivity index (χ1) is 15.3. The summed E-state index contributed by atoms with van der Waals surface area (Å²) in [5.41, 5.74) is 1.23. The lowest BCUT2D eigenvalue weighted by atomic mass is 10.2. The minimum atomic E-state index is -3.59. The summed E-state index contributed by atoms with van der Waals surface area (Å²) in [6, 6.07) is 6.32. The maximum atomic E-state index is 13.1. The second kappa shape index (κ2) is 9.05. The Morgan fingerprint density at radius 3 is 2.56 bits per heavy atom. The molecule has 172 valence electrons. The summed E-state index contributed by atoms with van der Waals surface area (Å²) in [5, 5.41) is 9.24. The van der Waals surface area contributed by atoms with E-state index in [4.69, 9.17) is 4.42 Å². The number of carbonyl (C=O) groups excluding carboxylic acids is 1. The molecule has 1 N–H and O–H groups in total. The standard InChI is InChI=1S/C22H27N3O6S/c1-16(26)25-8-6-17-13-19(4-5-20(17)25)32(29,30)24-11-9-23(10-12-24)7-2-3-18-14-21(27)22(28)15-31-18/h4-5,13-15,28H,2-3,6-12H2,1H3. The molecule has 1 aromatic heterocycles. The van der Waals surface area contributed by atoms with Crippen molar-refractivity contribution in [1.29, 1.82) is 0 Å². The number of rotatable bonds is 6. The number of benzene rings is 1. The van der Waals surface area contributed by atoms with Crippen LogP contribution in [-0.4, -0.2) is 67.9 Å². The Kier molecular flexibility index (Phi) is 6.36. The molecule has 0 saturated carbocycles. The number of hydrogen-bond acceptors (Lipinski definition) is 7. The number of piperazine rings is 1. The first kappa shape index (κ1) is 22.5. The van der Waals surface area contributed by atoms with E-state index in [-0.39, 0.29) is 10.8 Å². The minimum absolute atomic E-state index is 0.0389. The summed E-state index contributed by atoms with van der Waals surface area (Å²) in [7, 11) is -3.59. The summed E-state index contributed by atoms with van der Waals surface area (Å²) in [5.74, 6) is 0.0858. The van der Waals surface area contributed by atoms with Gasteiger partial charge in [-0.2, -0.15) is 4.31 Å². The van der Waals surface area contributed by atoms with E-state index in [0.717, 1.165) is 30.5 Å². The average molecular weight is 462 g/mol. The van der Waals surface area contributed by atoms with Gasteiger partial charge >= 0.3 is 0 Å². The molecule has 1 aromatic carbocycles. The molecule has 10 heteroatoms. The van der Waals surface area contributed by atoms with Gasteiger partial charge in [-0.3, -0.25) is 9.59 Å². The summed E-state index contributed by atoms with van der Waals surface area (Å²) in [6.07, 6.45) is 3.05. The van der Waals surface area contributed by atoms with Gasteiger partial charge in [0.15, 0.2) is 5.75 Å². The molecule has 2 aliphatic heterocycles. The van der Waals surface area contributed by atoms with Gasteiger partial charge in [0.2, 0.25) is 21.4 Å². The van der Waals surface area contributed by atoms with Gasteiger partial charge < -0.3 is 19.3 Å². The van der Waals surface area contributed by atoms with E-state index in [1.54, 1.807) is 23.1 Å². The maximum Gasteiger partial charge on any atom is 0.243 e. The molecule has 2 aromatic rings. The zero-order valence-electron chi connectivity index (χ0n) is 18.0. The minimum Gasteiger partial charge on any atom is -0.502 e. The Bertz CT molecular complexity index is 1170. The summed E-state index contributed by atoms with van der Waals surface area (Å²) in [6.45, 7) is 4.93. The zero-order chi connectivity index (χ0) is 22.9. The normalized spacial score (nSPS) is 17.5. The second-order valence-corrected chi connectivity index (χ2v) is 10.1. The molecule has 1 amide bonds. The third-order valence-corrected chi connectivity index (χ3v) is 7.95. The van der Waals surface area contributed by atoms with Crippen LogP contribution >= 0.6 is 0 Å². The van der Waals surface area contributed by atoms with E-state index in [0.29, 0.717) is 51.3 Å². The number of aryl methyl sites for hydroxylation is 1. The van der Waals surface area contributed by atoms with Crippen LogP contribution in [0.2, 0.25) is 0 Å². The first-order valence-electron chi connectivity index (χ1n) is 10.7. The van der Waals surface area contributed by atoms with Gasteiger partial charge in [-0.15, -0.1) is 0 Å². The van der Waals surface area contributed by atoms with Crippen LogP contribution in [0.1, 0.15) is 24.7 Å². The smallest absolute Gasteiger partial charge is 0.243 e. The van der Waals surface area contributed by atoms with Crippen molar-refractivity contribution in [2.24, 2.45) is 0 Å². The number of amides is 1. The highest BCUT2D eigenvalue weighted by atomic mass is 32.2. The molecule has 0 bridgehead atoms. The maximum absolute atomic E-state index is 13.1. The molecule has 2 aliphatic rings. The van der Waals surface area contributed by atoms with Gasteiger partial charge in [-0.25, -0.2) is 8.42 Å². The Hall–Kier alpha value is -2.69. The van der Waals surface area contributed by atoms with E-state index in [1.165, 1.54) is 17.3 Å². The monoisotopic (exact) mass is 461 g/mol. The van der Waals surface area contributed by atoms with E-state index >= 15 is 0 Å². The Labute approximate surface area is 186 Å². The number of hydrogen-bond donors (Lipinski definition) is 1. The zero-order valence-corrected chi connectivity index (χ0v) is 18.8. The van der Waals surface area contributed by atoms with Crippen LogP contribution in [0.25, 0.3) is 0 Å². The number of anilines is 1. The van der Waals surface area contributed by atoms with Crippen molar-refractivity contribution >= 4 is 21.6 Å². The van der Waals surface area contributed by atoms with Gasteiger partial charge in [-0.1, -0.05) is 0 Å². The van der Waals surface area contributed by atoms with E-state index < -0.39 is 21.2 Å². The lowest BCUT2D eigenvalue weighted by Gasteiger charge is -2.34. The van der Waals surface area contributed by atoms with Crippen molar-refractivity contribution in [3.05, 3.63) is 52.1 Å². The summed E-state index contributed by atoms with van der Waals surface area (Å²) < 4.78 is 33.0. The van der Waals surface area contributed by atoms with E-state index in [2.05, 4.69) is 4.90 Å². The molecule has 4 rings (SSSR count). The van der Waals surface area contributed by atoms with Crippen molar-refractivity contribution < 1.29 is 22.7 Å². The fourth-order valence-electron chi connectivity index (χ4n) is 4.26. The molecule has 1 saturated heterocycles. The number of sulfonamides is 1. The third kappa shape index (κ3) is 4.57. The van der Waals surface area contributed by atoms with Crippen molar-refractivity contribution in [2.45, 2.75) is 31.1 Å². The van der Waals surface area contributed by atoms with Crippen LogP contribution in [0.3, 0.4) is 0 Å². The molecule has 32 heavy (non-hydrogen) atoms. The lowest BCUT2D eigenvalue weighted by Crippen LogP contribution is -2.48. The van der Waals surface area contributed by atoms with Crippen LogP contribution < -0.4 is 10.3 Å². The Morgan fingerprint density at radius 1 is 1.12 bits per heavy atom. The second-order valence-electron chi connectivity index (χ2n) is 8.16. The molecular formula is C22H27N3O6S. The lowest BCUT2D eigenvalue weighted by molar-refractivity contribution is -0.116. The van der Waals surface area contributed by atoms with Gasteiger partial charge in [0.05, 0.1) is 4.90 Å². The molecule has 0 unspecified atom stereocenters. The van der Waals surface area contributed by atoms with E-state index in [9.17, 15) is 23.1 Å². The van der Waals surface area contributed by atoms with Crippen LogP contribution in [-0.2, 0) is 27.7 Å². The average Bonchev–Trinajstić information content (AvgIpc) is 3.20. The fraction of sp³-hybridized carbons (Fsp3) is 0.455. The Morgan fingerprint density at radius 2 is 1.88 bits per heavy atom. The number of aromatic hydroxyl groups is 1. The number of nitrogens with zero attached hydrogens (tertiary/aromatic N) is 3. The highest BCUT2D eigenvalue weighted by Gasteiger charge is 2.30. The largest absolute Gasteiger partial charge is 0.502 e. The quantitative estimate of drug-likeness (QED) is 0.688. The van der Waals surface area contributed by atoms with Gasteiger partial charge in [-0.05, 0) is 43.1 Å². The van der Waals surface area contributed by atoms with Crippen molar-refractivity contribution in [2.75, 3.05) is 44.2 Å². The van der Waals surface area contributed by atoms with Crippen molar-refractivity contribution in [3.8, 4) is 5.75 Å². The molecule has 0 aliphatic carbocycles. The topological polar surface area (TPSA) is 111 Å². The van der Waals surface area contributed by atoms with Crippen LogP contribution in [0.5, 0.6) is 5.75 Å².